The standard InChI is InChI=1S/C17H34N2O/c1-5-9-18-16-6-8-17(2,3)11-14(16)12-19-10-7-15(13-19)20-4/h14-16,18H,5-13H2,1-4H3. The predicted molar refractivity (Wildman–Crippen MR) is 85.1 cm³/mol. The maximum atomic E-state index is 5.51. The summed E-state index contributed by atoms with van der Waals surface area (Å²) in [6.45, 7) is 11.9. The molecule has 20 heavy (non-hydrogen) atoms. The van der Waals surface area contributed by atoms with Crippen LogP contribution in [0.25, 0.3) is 0 Å². The third kappa shape index (κ3) is 4.44. The van der Waals surface area contributed by atoms with Gasteiger partial charge in [0.15, 0.2) is 0 Å². The second-order valence-electron chi connectivity index (χ2n) is 7.63. The molecule has 118 valence electrons. The monoisotopic (exact) mass is 282 g/mol. The fourth-order valence-corrected chi connectivity index (χ4v) is 4.01. The third-order valence-electron chi connectivity index (χ3n) is 5.23. The first kappa shape index (κ1) is 16.3. The average Bonchev–Trinajstić information content (AvgIpc) is 2.85. The van der Waals surface area contributed by atoms with Gasteiger partial charge in [-0.25, -0.2) is 0 Å². The highest BCUT2D eigenvalue weighted by molar-refractivity contribution is 4.91. The fourth-order valence-electron chi connectivity index (χ4n) is 4.01. The number of nitrogens with one attached hydrogen (secondary N) is 1. The van der Waals surface area contributed by atoms with Crippen LogP contribution in [0.5, 0.6) is 0 Å². The molecule has 0 amide bonds. The van der Waals surface area contributed by atoms with E-state index in [9.17, 15) is 0 Å². The van der Waals surface area contributed by atoms with E-state index in [2.05, 4.69) is 31.0 Å². The van der Waals surface area contributed by atoms with E-state index in [0.29, 0.717) is 11.5 Å². The Labute approximate surface area is 125 Å². The molecule has 1 aliphatic carbocycles. The van der Waals surface area contributed by atoms with Crippen molar-refractivity contribution >= 4 is 0 Å². The van der Waals surface area contributed by atoms with Gasteiger partial charge in [0, 0.05) is 32.8 Å². The quantitative estimate of drug-likeness (QED) is 0.811. The largest absolute Gasteiger partial charge is 0.380 e. The highest BCUT2D eigenvalue weighted by atomic mass is 16.5. The van der Waals surface area contributed by atoms with E-state index in [1.54, 1.807) is 0 Å². The van der Waals surface area contributed by atoms with E-state index in [-0.39, 0.29) is 0 Å². The van der Waals surface area contributed by atoms with Crippen LogP contribution in [-0.4, -0.2) is 50.3 Å². The van der Waals surface area contributed by atoms with Crippen molar-refractivity contribution in [2.75, 3.05) is 33.3 Å². The average molecular weight is 282 g/mol. The van der Waals surface area contributed by atoms with Gasteiger partial charge in [-0.1, -0.05) is 20.8 Å². The highest BCUT2D eigenvalue weighted by Gasteiger charge is 2.36. The van der Waals surface area contributed by atoms with Gasteiger partial charge >= 0.3 is 0 Å². The van der Waals surface area contributed by atoms with Gasteiger partial charge < -0.3 is 15.0 Å². The van der Waals surface area contributed by atoms with Gasteiger partial charge in [0.1, 0.15) is 0 Å². The van der Waals surface area contributed by atoms with Gasteiger partial charge in [-0.2, -0.15) is 0 Å². The topological polar surface area (TPSA) is 24.5 Å². The summed E-state index contributed by atoms with van der Waals surface area (Å²) in [5.74, 6) is 0.806. The molecule has 1 N–H and O–H groups in total. The minimum atomic E-state index is 0.466. The van der Waals surface area contributed by atoms with Crippen LogP contribution in [-0.2, 0) is 4.74 Å². The molecule has 1 saturated carbocycles. The van der Waals surface area contributed by atoms with Crippen LogP contribution in [0.15, 0.2) is 0 Å². The molecule has 2 aliphatic rings. The van der Waals surface area contributed by atoms with Crippen molar-refractivity contribution in [3.63, 3.8) is 0 Å². The summed E-state index contributed by atoms with van der Waals surface area (Å²) in [5, 5.41) is 3.80. The lowest BCUT2D eigenvalue weighted by Gasteiger charge is -2.42. The Balaban J connectivity index is 1.89. The lowest BCUT2D eigenvalue weighted by Crippen LogP contribution is -2.47. The normalized spacial score (nSPS) is 34.5. The zero-order valence-corrected chi connectivity index (χ0v) is 14.0. The molecular formula is C17H34N2O. The molecule has 3 atom stereocenters. The Hall–Kier alpha value is -0.120. The molecule has 3 heteroatoms. The van der Waals surface area contributed by atoms with Crippen molar-refractivity contribution in [3.8, 4) is 0 Å². The third-order valence-corrected chi connectivity index (χ3v) is 5.23. The molecule has 2 fully saturated rings. The highest BCUT2D eigenvalue weighted by Crippen LogP contribution is 2.39. The van der Waals surface area contributed by atoms with Crippen LogP contribution in [0.4, 0.5) is 0 Å². The Kier molecular flexibility index (Phi) is 5.88. The van der Waals surface area contributed by atoms with E-state index in [1.807, 2.05) is 7.11 Å². The molecular weight excluding hydrogens is 248 g/mol. The van der Waals surface area contributed by atoms with Crippen LogP contribution >= 0.6 is 0 Å². The van der Waals surface area contributed by atoms with E-state index in [0.717, 1.165) is 18.5 Å². The van der Waals surface area contributed by atoms with Crippen molar-refractivity contribution in [3.05, 3.63) is 0 Å². The smallest absolute Gasteiger partial charge is 0.0710 e. The lowest BCUT2D eigenvalue weighted by molar-refractivity contribution is 0.0861. The second-order valence-corrected chi connectivity index (χ2v) is 7.63. The number of methoxy groups -OCH3 is 1. The second kappa shape index (κ2) is 7.24. The van der Waals surface area contributed by atoms with Crippen molar-refractivity contribution in [1.29, 1.82) is 0 Å². The van der Waals surface area contributed by atoms with Gasteiger partial charge in [0.25, 0.3) is 0 Å². The molecule has 1 aliphatic heterocycles. The lowest BCUT2D eigenvalue weighted by atomic mass is 9.69. The van der Waals surface area contributed by atoms with Crippen molar-refractivity contribution in [2.45, 2.75) is 65.0 Å². The molecule has 0 aromatic carbocycles. The molecule has 0 aromatic heterocycles. The van der Waals surface area contributed by atoms with E-state index < -0.39 is 0 Å². The Morgan fingerprint density at radius 1 is 1.30 bits per heavy atom. The summed E-state index contributed by atoms with van der Waals surface area (Å²) >= 11 is 0. The summed E-state index contributed by atoms with van der Waals surface area (Å²) in [6, 6.07) is 0.726. The van der Waals surface area contributed by atoms with Gasteiger partial charge in [-0.3, -0.25) is 0 Å². The number of hydrogen-bond acceptors (Lipinski definition) is 3. The van der Waals surface area contributed by atoms with E-state index in [1.165, 1.54) is 51.7 Å². The Morgan fingerprint density at radius 3 is 2.75 bits per heavy atom. The van der Waals surface area contributed by atoms with E-state index in [4.69, 9.17) is 4.74 Å². The van der Waals surface area contributed by atoms with Crippen molar-refractivity contribution in [2.24, 2.45) is 11.3 Å². The molecule has 0 radical (unpaired) electrons. The van der Waals surface area contributed by atoms with Crippen molar-refractivity contribution < 1.29 is 4.74 Å². The first-order valence-corrected chi connectivity index (χ1v) is 8.52. The molecule has 3 unspecified atom stereocenters. The number of ether oxygens (including phenoxy) is 1. The molecule has 1 heterocycles. The SMILES string of the molecule is CCCNC1CCC(C)(C)CC1CN1CCC(OC)C1. The first-order valence-electron chi connectivity index (χ1n) is 8.52. The van der Waals surface area contributed by atoms with E-state index >= 15 is 0 Å². The molecule has 0 spiro atoms. The molecule has 1 saturated heterocycles. The summed E-state index contributed by atoms with van der Waals surface area (Å²) in [4.78, 5) is 2.63. The summed E-state index contributed by atoms with van der Waals surface area (Å²) in [7, 11) is 1.85. The maximum Gasteiger partial charge on any atom is 0.0710 e. The zero-order valence-electron chi connectivity index (χ0n) is 14.0. The molecule has 0 aromatic rings. The van der Waals surface area contributed by atoms with Gasteiger partial charge in [-0.05, 0) is 50.0 Å². The molecule has 2 rings (SSSR count). The minimum Gasteiger partial charge on any atom is -0.380 e. The first-order chi connectivity index (χ1) is 9.54. The number of nitrogens with zero attached hydrogens (tertiary/aromatic N) is 1. The van der Waals surface area contributed by atoms with Crippen molar-refractivity contribution in [1.82, 2.24) is 10.2 Å². The predicted octanol–water partition coefficient (Wildman–Crippen LogP) is 2.90. The van der Waals surface area contributed by atoms with Crippen LogP contribution < -0.4 is 5.32 Å². The number of likely N-dealkylation sites (tertiary alicyclic amines) is 1. The molecule has 3 nitrogen and oxygen atoms in total. The van der Waals surface area contributed by atoms with Gasteiger partial charge in [0.05, 0.1) is 6.10 Å². The number of hydrogen-bond donors (Lipinski definition) is 1. The Morgan fingerprint density at radius 2 is 2.10 bits per heavy atom. The summed E-state index contributed by atoms with van der Waals surface area (Å²) in [6.07, 6.45) is 6.99. The van der Waals surface area contributed by atoms with Crippen LogP contribution in [0.2, 0.25) is 0 Å². The van der Waals surface area contributed by atoms with Gasteiger partial charge in [0.2, 0.25) is 0 Å². The van der Waals surface area contributed by atoms with Crippen LogP contribution in [0, 0.1) is 11.3 Å². The van der Waals surface area contributed by atoms with Crippen LogP contribution in [0.1, 0.15) is 52.9 Å². The summed E-state index contributed by atoms with van der Waals surface area (Å²) < 4.78 is 5.51. The fraction of sp³-hybridized carbons (Fsp3) is 1.00. The Bertz CT molecular complexity index is 293. The number of rotatable bonds is 6. The summed E-state index contributed by atoms with van der Waals surface area (Å²) in [5.41, 5.74) is 0.523. The maximum absolute atomic E-state index is 5.51. The van der Waals surface area contributed by atoms with Crippen LogP contribution in [0.3, 0.4) is 0 Å². The molecule has 0 bridgehead atoms. The minimum absolute atomic E-state index is 0.466. The zero-order chi connectivity index (χ0) is 14.6. The van der Waals surface area contributed by atoms with Gasteiger partial charge in [-0.15, -0.1) is 0 Å².